The summed E-state index contributed by atoms with van der Waals surface area (Å²) in [5.74, 6) is 0.903. The first kappa shape index (κ1) is 19.9. The van der Waals surface area contributed by atoms with Crippen LogP contribution >= 0.6 is 0 Å². The van der Waals surface area contributed by atoms with E-state index in [-0.39, 0.29) is 23.2 Å². The third-order valence-corrected chi connectivity index (χ3v) is 4.89. The quantitative estimate of drug-likeness (QED) is 0.684. The minimum atomic E-state index is -0.244. The number of halogens is 1. The second kappa shape index (κ2) is 8.46. The zero-order valence-electron chi connectivity index (χ0n) is 16.5. The monoisotopic (exact) mass is 383 g/mol. The molecule has 1 aliphatic carbocycles. The molecule has 5 heteroatoms. The highest BCUT2D eigenvalue weighted by molar-refractivity contribution is 5.91. The first-order chi connectivity index (χ1) is 13.4. The number of hydrogen-bond donors (Lipinski definition) is 1. The Morgan fingerprint density at radius 3 is 2.50 bits per heavy atom. The summed E-state index contributed by atoms with van der Waals surface area (Å²) < 4.78 is 24.2. The normalized spacial score (nSPS) is 14.9. The van der Waals surface area contributed by atoms with E-state index in [1.165, 1.54) is 18.2 Å². The first-order valence-electron chi connectivity index (χ1n) is 9.48. The number of carbonyl (C=O) groups is 1. The third-order valence-electron chi connectivity index (χ3n) is 4.89. The van der Waals surface area contributed by atoms with Gasteiger partial charge in [-0.05, 0) is 68.2 Å². The Morgan fingerprint density at radius 1 is 1.18 bits per heavy atom. The Hall–Kier alpha value is -2.82. The standard InChI is InChI=1S/C23H26FNO3/c1-16(2)28-20-10-4-17(14-21(20)27-3)5-11-22(26)25-15-23(12-13-23)18-6-8-19(24)9-7-18/h4-11,14,16H,12-13,15H2,1-3H3,(H,25,26). The molecule has 0 atom stereocenters. The van der Waals surface area contributed by atoms with Crippen molar-refractivity contribution in [2.24, 2.45) is 0 Å². The average molecular weight is 383 g/mol. The fourth-order valence-corrected chi connectivity index (χ4v) is 3.15. The maximum Gasteiger partial charge on any atom is 0.244 e. The van der Waals surface area contributed by atoms with Crippen molar-refractivity contribution in [1.82, 2.24) is 5.32 Å². The van der Waals surface area contributed by atoms with Crippen molar-refractivity contribution in [3.8, 4) is 11.5 Å². The lowest BCUT2D eigenvalue weighted by Crippen LogP contribution is -2.31. The third kappa shape index (κ3) is 4.91. The van der Waals surface area contributed by atoms with Gasteiger partial charge < -0.3 is 14.8 Å². The lowest BCUT2D eigenvalue weighted by molar-refractivity contribution is -0.116. The van der Waals surface area contributed by atoms with Gasteiger partial charge in [0.1, 0.15) is 5.82 Å². The van der Waals surface area contributed by atoms with E-state index < -0.39 is 0 Å². The van der Waals surface area contributed by atoms with E-state index in [1.54, 1.807) is 25.3 Å². The van der Waals surface area contributed by atoms with E-state index in [2.05, 4.69) is 5.32 Å². The summed E-state index contributed by atoms with van der Waals surface area (Å²) in [5.41, 5.74) is 1.86. The Labute approximate surface area is 165 Å². The summed E-state index contributed by atoms with van der Waals surface area (Å²) in [4.78, 5) is 12.2. The lowest BCUT2D eigenvalue weighted by atomic mass is 9.96. The maximum atomic E-state index is 13.1. The molecule has 0 heterocycles. The van der Waals surface area contributed by atoms with Crippen molar-refractivity contribution in [2.45, 2.75) is 38.2 Å². The van der Waals surface area contributed by atoms with Gasteiger partial charge in [0.25, 0.3) is 0 Å². The van der Waals surface area contributed by atoms with Crippen molar-refractivity contribution in [3.05, 3.63) is 65.5 Å². The number of nitrogens with one attached hydrogen (secondary N) is 1. The molecule has 0 radical (unpaired) electrons. The van der Waals surface area contributed by atoms with Gasteiger partial charge in [-0.25, -0.2) is 4.39 Å². The van der Waals surface area contributed by atoms with Crippen molar-refractivity contribution < 1.29 is 18.7 Å². The van der Waals surface area contributed by atoms with Crippen LogP contribution in [0, 0.1) is 5.82 Å². The predicted octanol–water partition coefficient (Wildman–Crippen LogP) is 4.48. The molecule has 1 amide bonds. The smallest absolute Gasteiger partial charge is 0.244 e. The molecule has 4 nitrogen and oxygen atoms in total. The topological polar surface area (TPSA) is 47.6 Å². The maximum absolute atomic E-state index is 13.1. The first-order valence-corrected chi connectivity index (χ1v) is 9.48. The van der Waals surface area contributed by atoms with Crippen LogP contribution in [0.5, 0.6) is 11.5 Å². The van der Waals surface area contributed by atoms with Crippen LogP contribution in [0.2, 0.25) is 0 Å². The highest BCUT2D eigenvalue weighted by atomic mass is 19.1. The minimum absolute atomic E-state index is 0.0527. The Kier molecular flexibility index (Phi) is 6.02. The highest BCUT2D eigenvalue weighted by Crippen LogP contribution is 2.47. The lowest BCUT2D eigenvalue weighted by Gasteiger charge is -2.16. The Morgan fingerprint density at radius 2 is 1.89 bits per heavy atom. The molecule has 0 aromatic heterocycles. The fraction of sp³-hybridized carbons (Fsp3) is 0.348. The molecule has 0 saturated heterocycles. The summed E-state index contributed by atoms with van der Waals surface area (Å²) in [7, 11) is 1.59. The van der Waals surface area contributed by atoms with Crippen LogP contribution in [0.25, 0.3) is 6.08 Å². The average Bonchev–Trinajstić information content (AvgIpc) is 3.47. The molecule has 2 aromatic carbocycles. The van der Waals surface area contributed by atoms with Gasteiger partial charge in [-0.15, -0.1) is 0 Å². The van der Waals surface area contributed by atoms with Gasteiger partial charge in [0, 0.05) is 18.0 Å². The van der Waals surface area contributed by atoms with E-state index in [1.807, 2.05) is 32.0 Å². The van der Waals surface area contributed by atoms with Crippen LogP contribution in [0.1, 0.15) is 37.8 Å². The molecule has 2 aromatic rings. The van der Waals surface area contributed by atoms with Gasteiger partial charge in [-0.2, -0.15) is 0 Å². The molecule has 0 bridgehead atoms. The van der Waals surface area contributed by atoms with Gasteiger partial charge in [0.2, 0.25) is 5.91 Å². The molecule has 1 saturated carbocycles. The van der Waals surface area contributed by atoms with E-state index in [4.69, 9.17) is 9.47 Å². The second-order valence-corrected chi connectivity index (χ2v) is 7.42. The molecule has 1 fully saturated rings. The van der Waals surface area contributed by atoms with Crippen molar-refractivity contribution in [1.29, 1.82) is 0 Å². The number of methoxy groups -OCH3 is 1. The van der Waals surface area contributed by atoms with E-state index in [0.717, 1.165) is 24.0 Å². The van der Waals surface area contributed by atoms with Gasteiger partial charge >= 0.3 is 0 Å². The molecular formula is C23H26FNO3. The van der Waals surface area contributed by atoms with Crippen molar-refractivity contribution in [2.75, 3.05) is 13.7 Å². The number of benzene rings is 2. The number of ether oxygens (including phenoxy) is 2. The van der Waals surface area contributed by atoms with Crippen LogP contribution in [-0.4, -0.2) is 25.7 Å². The zero-order chi connectivity index (χ0) is 20.1. The number of hydrogen-bond acceptors (Lipinski definition) is 3. The fourth-order valence-electron chi connectivity index (χ4n) is 3.15. The molecule has 148 valence electrons. The number of carbonyl (C=O) groups excluding carboxylic acids is 1. The van der Waals surface area contributed by atoms with Gasteiger partial charge in [0.05, 0.1) is 13.2 Å². The van der Waals surface area contributed by atoms with Crippen LogP contribution in [0.3, 0.4) is 0 Å². The molecule has 0 spiro atoms. The largest absolute Gasteiger partial charge is 0.493 e. The van der Waals surface area contributed by atoms with Gasteiger partial charge in [-0.3, -0.25) is 4.79 Å². The molecule has 0 unspecified atom stereocenters. The molecule has 1 N–H and O–H groups in total. The van der Waals surface area contributed by atoms with E-state index in [0.29, 0.717) is 18.0 Å². The zero-order valence-corrected chi connectivity index (χ0v) is 16.5. The predicted molar refractivity (Wildman–Crippen MR) is 108 cm³/mol. The van der Waals surface area contributed by atoms with Crippen LogP contribution in [0.4, 0.5) is 4.39 Å². The summed E-state index contributed by atoms with van der Waals surface area (Å²) in [6.45, 7) is 4.46. The molecule has 28 heavy (non-hydrogen) atoms. The minimum Gasteiger partial charge on any atom is -0.493 e. The van der Waals surface area contributed by atoms with E-state index in [9.17, 15) is 9.18 Å². The molecule has 3 rings (SSSR count). The summed E-state index contributed by atoms with van der Waals surface area (Å²) >= 11 is 0. The summed E-state index contributed by atoms with van der Waals surface area (Å²) in [6, 6.07) is 12.1. The molecule has 1 aliphatic rings. The van der Waals surface area contributed by atoms with Crippen LogP contribution in [0.15, 0.2) is 48.5 Å². The summed E-state index contributed by atoms with van der Waals surface area (Å²) in [5, 5.41) is 2.96. The van der Waals surface area contributed by atoms with E-state index >= 15 is 0 Å². The SMILES string of the molecule is COc1cc(C=CC(=O)NCC2(c3ccc(F)cc3)CC2)ccc1OC(C)C. The Bertz CT molecular complexity index is 855. The second-order valence-electron chi connectivity index (χ2n) is 7.42. The Balaban J connectivity index is 1.59. The molecular weight excluding hydrogens is 357 g/mol. The van der Waals surface area contributed by atoms with Crippen molar-refractivity contribution in [3.63, 3.8) is 0 Å². The van der Waals surface area contributed by atoms with Crippen LogP contribution in [-0.2, 0) is 10.2 Å². The summed E-state index contributed by atoms with van der Waals surface area (Å²) in [6.07, 6.45) is 5.30. The number of amides is 1. The van der Waals surface area contributed by atoms with Gasteiger partial charge in [0.15, 0.2) is 11.5 Å². The van der Waals surface area contributed by atoms with Crippen LogP contribution < -0.4 is 14.8 Å². The highest BCUT2D eigenvalue weighted by Gasteiger charge is 2.44. The number of rotatable bonds is 8. The molecule has 0 aliphatic heterocycles. The van der Waals surface area contributed by atoms with Gasteiger partial charge in [-0.1, -0.05) is 18.2 Å². The van der Waals surface area contributed by atoms with Crippen molar-refractivity contribution >= 4 is 12.0 Å².